The van der Waals surface area contributed by atoms with Gasteiger partial charge in [-0.3, -0.25) is 0 Å². The molecular weight excluding hydrogens is 343 g/mol. The first-order valence-electron chi connectivity index (χ1n) is 6.43. The molecule has 4 heteroatoms. The third-order valence-electron chi connectivity index (χ3n) is 3.47. The highest BCUT2D eigenvalue weighted by Gasteiger charge is 2.23. The third kappa shape index (κ3) is 2.45. The second-order valence-corrected chi connectivity index (χ2v) is 6.29. The topological polar surface area (TPSA) is 9.23 Å². The molecular formula is C16H13BrClFO. The lowest BCUT2D eigenvalue weighted by Crippen LogP contribution is -2.05. The molecule has 1 aliphatic rings. The van der Waals surface area contributed by atoms with Gasteiger partial charge in [0.05, 0.1) is 5.38 Å². The smallest absolute Gasteiger partial charge is 0.129 e. The van der Waals surface area contributed by atoms with E-state index in [9.17, 15) is 4.39 Å². The monoisotopic (exact) mass is 354 g/mol. The molecule has 0 amide bonds. The molecule has 3 rings (SSSR count). The first kappa shape index (κ1) is 13.9. The zero-order valence-electron chi connectivity index (χ0n) is 10.9. The highest BCUT2D eigenvalue weighted by atomic mass is 79.9. The zero-order chi connectivity index (χ0) is 14.3. The lowest BCUT2D eigenvalue weighted by atomic mass is 10.0. The molecule has 0 saturated heterocycles. The summed E-state index contributed by atoms with van der Waals surface area (Å²) in [6, 6.07) is 10.7. The lowest BCUT2D eigenvalue weighted by molar-refractivity contribution is 0.254. The molecule has 1 heterocycles. The molecule has 104 valence electrons. The molecule has 0 radical (unpaired) electrons. The fraction of sp³-hybridized carbons (Fsp3) is 0.250. The van der Waals surface area contributed by atoms with Gasteiger partial charge in [-0.05, 0) is 36.2 Å². The fourth-order valence-corrected chi connectivity index (χ4v) is 3.58. The minimum Gasteiger partial charge on any atom is -0.490 e. The van der Waals surface area contributed by atoms with E-state index in [2.05, 4.69) is 15.9 Å². The van der Waals surface area contributed by atoms with Crippen LogP contribution in [-0.2, 0) is 6.42 Å². The molecule has 2 atom stereocenters. The molecule has 0 aromatic heterocycles. The van der Waals surface area contributed by atoms with Crippen LogP contribution in [0.3, 0.4) is 0 Å². The number of halogens is 3. The van der Waals surface area contributed by atoms with Crippen molar-refractivity contribution in [1.29, 1.82) is 0 Å². The van der Waals surface area contributed by atoms with Crippen LogP contribution in [0, 0.1) is 5.82 Å². The molecule has 1 nitrogen and oxygen atoms in total. The van der Waals surface area contributed by atoms with Gasteiger partial charge in [0.2, 0.25) is 0 Å². The highest BCUT2D eigenvalue weighted by Crippen LogP contribution is 2.38. The summed E-state index contributed by atoms with van der Waals surface area (Å²) in [5, 5.41) is -0.521. The van der Waals surface area contributed by atoms with Crippen molar-refractivity contribution in [3.05, 3.63) is 63.4 Å². The third-order valence-corrected chi connectivity index (χ3v) is 4.63. The zero-order valence-corrected chi connectivity index (χ0v) is 13.2. The van der Waals surface area contributed by atoms with Crippen molar-refractivity contribution in [3.63, 3.8) is 0 Å². The summed E-state index contributed by atoms with van der Waals surface area (Å²) in [5.74, 6) is 0.599. The average molecular weight is 356 g/mol. The van der Waals surface area contributed by atoms with Gasteiger partial charge in [0.25, 0.3) is 0 Å². The number of fused-ring (bicyclic) bond motifs is 1. The molecule has 2 unspecified atom stereocenters. The van der Waals surface area contributed by atoms with E-state index in [-0.39, 0.29) is 11.9 Å². The molecule has 0 spiro atoms. The number of ether oxygens (including phenoxy) is 1. The van der Waals surface area contributed by atoms with Crippen molar-refractivity contribution in [2.24, 2.45) is 0 Å². The van der Waals surface area contributed by atoms with Crippen molar-refractivity contribution >= 4 is 27.5 Å². The predicted molar refractivity (Wildman–Crippen MR) is 82.0 cm³/mol. The summed E-state index contributed by atoms with van der Waals surface area (Å²) in [6.07, 6.45) is 1.06. The van der Waals surface area contributed by atoms with E-state index in [1.807, 2.05) is 25.1 Å². The Morgan fingerprint density at radius 1 is 1.35 bits per heavy atom. The van der Waals surface area contributed by atoms with Gasteiger partial charge in [0.1, 0.15) is 17.7 Å². The van der Waals surface area contributed by atoms with Crippen LogP contribution in [0.5, 0.6) is 5.75 Å². The Balaban J connectivity index is 2.00. The summed E-state index contributed by atoms with van der Waals surface area (Å²) in [4.78, 5) is 0. The van der Waals surface area contributed by atoms with Crippen LogP contribution in [0.4, 0.5) is 4.39 Å². The summed E-state index contributed by atoms with van der Waals surface area (Å²) in [5.41, 5.74) is 2.49. The minimum absolute atomic E-state index is 0.189. The highest BCUT2D eigenvalue weighted by molar-refractivity contribution is 9.10. The van der Waals surface area contributed by atoms with E-state index in [0.29, 0.717) is 10.0 Å². The largest absolute Gasteiger partial charge is 0.490 e. The first-order chi connectivity index (χ1) is 9.56. The maximum Gasteiger partial charge on any atom is 0.129 e. The normalized spacial score (nSPS) is 18.5. The molecule has 2 aromatic rings. The van der Waals surface area contributed by atoms with E-state index < -0.39 is 5.38 Å². The van der Waals surface area contributed by atoms with E-state index >= 15 is 0 Å². The summed E-state index contributed by atoms with van der Waals surface area (Å²) in [7, 11) is 0. The van der Waals surface area contributed by atoms with Gasteiger partial charge in [-0.1, -0.05) is 34.1 Å². The van der Waals surface area contributed by atoms with Crippen LogP contribution in [0.2, 0.25) is 0 Å². The maximum atomic E-state index is 14.0. The molecule has 2 aromatic carbocycles. The van der Waals surface area contributed by atoms with Crippen molar-refractivity contribution in [2.75, 3.05) is 0 Å². The van der Waals surface area contributed by atoms with Crippen LogP contribution in [0.15, 0.2) is 40.9 Å². The first-order valence-corrected chi connectivity index (χ1v) is 7.66. The maximum absolute atomic E-state index is 14.0. The molecule has 0 N–H and O–H groups in total. The molecule has 0 bridgehead atoms. The standard InChI is InChI=1S/C16H13BrClFO/c1-9-7-11-8-10(5-6-14(11)20-9)16(18)15-12(17)3-2-4-13(15)19/h2-6,8-9,16H,7H2,1H3. The Kier molecular flexibility index (Phi) is 3.74. The van der Waals surface area contributed by atoms with Crippen molar-refractivity contribution in [2.45, 2.75) is 24.8 Å². The minimum atomic E-state index is -0.521. The fourth-order valence-electron chi connectivity index (χ4n) is 2.52. The Morgan fingerprint density at radius 2 is 2.15 bits per heavy atom. The van der Waals surface area contributed by atoms with Crippen LogP contribution < -0.4 is 4.74 Å². The number of alkyl halides is 1. The summed E-state index contributed by atoms with van der Waals surface area (Å²) < 4.78 is 20.3. The van der Waals surface area contributed by atoms with E-state index in [1.54, 1.807) is 12.1 Å². The van der Waals surface area contributed by atoms with Crippen LogP contribution in [0.1, 0.15) is 29.0 Å². The SMILES string of the molecule is CC1Cc2cc(C(Cl)c3c(F)cccc3Br)ccc2O1. The lowest BCUT2D eigenvalue weighted by Gasteiger charge is -2.14. The van der Waals surface area contributed by atoms with Gasteiger partial charge in [-0.15, -0.1) is 11.6 Å². The number of hydrogen-bond acceptors (Lipinski definition) is 1. The second kappa shape index (κ2) is 5.38. The quantitative estimate of drug-likeness (QED) is 0.669. The summed E-state index contributed by atoms with van der Waals surface area (Å²) in [6.45, 7) is 2.03. The van der Waals surface area contributed by atoms with Crippen molar-refractivity contribution in [3.8, 4) is 5.75 Å². The predicted octanol–water partition coefficient (Wildman–Crippen LogP) is 5.24. The second-order valence-electron chi connectivity index (χ2n) is 5.00. The molecule has 1 aliphatic heterocycles. The van der Waals surface area contributed by atoms with Crippen LogP contribution >= 0.6 is 27.5 Å². The van der Waals surface area contributed by atoms with Gasteiger partial charge in [0.15, 0.2) is 0 Å². The van der Waals surface area contributed by atoms with Gasteiger partial charge in [0, 0.05) is 16.5 Å². The molecule has 0 aliphatic carbocycles. The van der Waals surface area contributed by atoms with Crippen LogP contribution in [-0.4, -0.2) is 6.10 Å². The van der Waals surface area contributed by atoms with E-state index in [0.717, 1.165) is 23.3 Å². The number of rotatable bonds is 2. The number of hydrogen-bond donors (Lipinski definition) is 0. The van der Waals surface area contributed by atoms with E-state index in [4.69, 9.17) is 16.3 Å². The molecule has 0 saturated carbocycles. The van der Waals surface area contributed by atoms with Gasteiger partial charge in [-0.2, -0.15) is 0 Å². The van der Waals surface area contributed by atoms with Gasteiger partial charge in [-0.25, -0.2) is 4.39 Å². The number of benzene rings is 2. The molecule has 20 heavy (non-hydrogen) atoms. The summed E-state index contributed by atoms with van der Waals surface area (Å²) >= 11 is 9.84. The molecule has 0 fully saturated rings. The van der Waals surface area contributed by atoms with Crippen molar-refractivity contribution in [1.82, 2.24) is 0 Å². The average Bonchev–Trinajstić information content (AvgIpc) is 2.77. The van der Waals surface area contributed by atoms with Gasteiger partial charge < -0.3 is 4.74 Å². The Morgan fingerprint density at radius 3 is 2.90 bits per heavy atom. The Labute approximate surface area is 130 Å². The van der Waals surface area contributed by atoms with Gasteiger partial charge >= 0.3 is 0 Å². The Hall–Kier alpha value is -1.06. The van der Waals surface area contributed by atoms with Crippen LogP contribution in [0.25, 0.3) is 0 Å². The van der Waals surface area contributed by atoms with E-state index in [1.165, 1.54) is 6.07 Å². The van der Waals surface area contributed by atoms with Crippen molar-refractivity contribution < 1.29 is 9.13 Å². The Bertz CT molecular complexity index is 639.